The lowest BCUT2D eigenvalue weighted by atomic mass is 10.1. The van der Waals surface area contributed by atoms with Crippen LogP contribution < -0.4 is 0 Å². The summed E-state index contributed by atoms with van der Waals surface area (Å²) >= 11 is 1.42. The van der Waals surface area contributed by atoms with Crippen LogP contribution in [0.3, 0.4) is 0 Å². The van der Waals surface area contributed by atoms with Crippen LogP contribution in [0.2, 0.25) is 0 Å². The lowest BCUT2D eigenvalue weighted by Crippen LogP contribution is -2.27. The molecule has 1 atom stereocenters. The molecule has 0 bridgehead atoms. The van der Waals surface area contributed by atoms with E-state index in [4.69, 9.17) is 9.72 Å². The van der Waals surface area contributed by atoms with Gasteiger partial charge in [0.1, 0.15) is 0 Å². The highest BCUT2D eigenvalue weighted by Gasteiger charge is 2.30. The molecule has 2 saturated heterocycles. The molecular formula is C24H26F3N3O3S2. The van der Waals surface area contributed by atoms with E-state index >= 15 is 0 Å². The van der Waals surface area contributed by atoms with E-state index in [-0.39, 0.29) is 11.0 Å². The van der Waals surface area contributed by atoms with Crippen molar-refractivity contribution in [3.8, 4) is 0 Å². The van der Waals surface area contributed by atoms with Gasteiger partial charge >= 0.3 is 6.18 Å². The van der Waals surface area contributed by atoms with Crippen molar-refractivity contribution >= 4 is 32.8 Å². The summed E-state index contributed by atoms with van der Waals surface area (Å²) in [6.45, 7) is 2.36. The van der Waals surface area contributed by atoms with Gasteiger partial charge in [0.2, 0.25) is 10.0 Å². The highest BCUT2D eigenvalue weighted by atomic mass is 32.2. The first kappa shape index (κ1) is 24.6. The van der Waals surface area contributed by atoms with Gasteiger partial charge in [0, 0.05) is 25.4 Å². The lowest BCUT2D eigenvalue weighted by molar-refractivity contribution is -0.137. The molecule has 1 unspecified atom stereocenters. The van der Waals surface area contributed by atoms with Crippen LogP contribution >= 0.6 is 11.8 Å². The van der Waals surface area contributed by atoms with E-state index in [9.17, 15) is 21.6 Å². The third-order valence-electron chi connectivity index (χ3n) is 6.45. The predicted octanol–water partition coefficient (Wildman–Crippen LogP) is 5.31. The number of sulfonamides is 1. The van der Waals surface area contributed by atoms with Crippen molar-refractivity contribution in [2.75, 3.05) is 19.7 Å². The molecule has 0 saturated carbocycles. The number of thioether (sulfide) groups is 1. The number of ether oxygens (including phenoxy) is 1. The van der Waals surface area contributed by atoms with Crippen LogP contribution in [0, 0.1) is 0 Å². The number of hydrogen-bond acceptors (Lipinski definition) is 5. The van der Waals surface area contributed by atoms with Crippen molar-refractivity contribution in [3.05, 3.63) is 53.6 Å². The first-order valence-electron chi connectivity index (χ1n) is 11.6. The Balaban J connectivity index is 1.44. The van der Waals surface area contributed by atoms with Gasteiger partial charge in [-0.2, -0.15) is 17.5 Å². The summed E-state index contributed by atoms with van der Waals surface area (Å²) < 4.78 is 74.1. The zero-order valence-corrected chi connectivity index (χ0v) is 20.6. The van der Waals surface area contributed by atoms with E-state index in [0.29, 0.717) is 42.7 Å². The summed E-state index contributed by atoms with van der Waals surface area (Å²) in [6, 6.07) is 10.2. The zero-order valence-electron chi connectivity index (χ0n) is 19.0. The molecule has 3 heterocycles. The first-order chi connectivity index (χ1) is 16.7. The first-order valence-corrected chi connectivity index (χ1v) is 14.1. The van der Waals surface area contributed by atoms with Gasteiger partial charge < -0.3 is 9.30 Å². The maximum Gasteiger partial charge on any atom is 0.416 e. The maximum absolute atomic E-state index is 13.0. The summed E-state index contributed by atoms with van der Waals surface area (Å²) in [6.07, 6.45) is -0.669. The molecule has 11 heteroatoms. The molecule has 2 aromatic carbocycles. The molecule has 1 aromatic heterocycles. The fraction of sp³-hybridized carbons (Fsp3) is 0.458. The lowest BCUT2D eigenvalue weighted by Gasteiger charge is -2.16. The Kier molecular flexibility index (Phi) is 6.86. The number of alkyl halides is 3. The van der Waals surface area contributed by atoms with E-state index in [1.807, 2.05) is 4.57 Å². The standard InChI is InChI=1S/C24H26F3N3O3S2/c25-24(26,27)18-7-5-17(6-8-18)16-34-23-28-21-14-20(35(31,32)29-11-1-2-12-29)9-10-22(21)30(23)15-19-4-3-13-33-19/h5-10,14,19H,1-4,11-13,15-16H2. The quantitative estimate of drug-likeness (QED) is 0.391. The van der Waals surface area contributed by atoms with Crippen LogP contribution in [0.5, 0.6) is 0 Å². The Labute approximate surface area is 206 Å². The smallest absolute Gasteiger partial charge is 0.376 e. The summed E-state index contributed by atoms with van der Waals surface area (Å²) in [7, 11) is -3.57. The Morgan fingerprint density at radius 2 is 1.80 bits per heavy atom. The van der Waals surface area contributed by atoms with E-state index in [1.165, 1.54) is 28.2 Å². The predicted molar refractivity (Wildman–Crippen MR) is 128 cm³/mol. The van der Waals surface area contributed by atoms with Gasteiger partial charge in [-0.25, -0.2) is 13.4 Å². The summed E-state index contributed by atoms with van der Waals surface area (Å²) in [5.74, 6) is 0.436. The van der Waals surface area contributed by atoms with Crippen molar-refractivity contribution in [3.63, 3.8) is 0 Å². The molecule has 0 radical (unpaired) electrons. The molecule has 35 heavy (non-hydrogen) atoms. The third kappa shape index (κ3) is 5.23. The molecular weight excluding hydrogens is 499 g/mol. The molecule has 188 valence electrons. The number of fused-ring (bicyclic) bond motifs is 1. The number of halogens is 3. The number of benzene rings is 2. The molecule has 3 aromatic rings. The monoisotopic (exact) mass is 525 g/mol. The number of hydrogen-bond donors (Lipinski definition) is 0. The summed E-state index contributed by atoms with van der Waals surface area (Å²) in [5, 5.41) is 0.686. The Morgan fingerprint density at radius 1 is 1.06 bits per heavy atom. The molecule has 5 rings (SSSR count). The Morgan fingerprint density at radius 3 is 2.46 bits per heavy atom. The van der Waals surface area contributed by atoms with Gasteiger partial charge in [0.25, 0.3) is 0 Å². The van der Waals surface area contributed by atoms with Gasteiger partial charge in [-0.15, -0.1) is 0 Å². The van der Waals surface area contributed by atoms with Gasteiger partial charge in [-0.3, -0.25) is 0 Å². The van der Waals surface area contributed by atoms with Crippen LogP contribution in [-0.4, -0.2) is 48.1 Å². The van der Waals surface area contributed by atoms with Crippen LogP contribution in [0.15, 0.2) is 52.5 Å². The third-order valence-corrected chi connectivity index (χ3v) is 9.39. The molecule has 2 aliphatic heterocycles. The van der Waals surface area contributed by atoms with Crippen LogP contribution in [0.1, 0.15) is 36.8 Å². The van der Waals surface area contributed by atoms with E-state index in [1.54, 1.807) is 18.2 Å². The maximum atomic E-state index is 13.0. The molecule has 0 N–H and O–H groups in total. The number of rotatable bonds is 7. The zero-order chi connectivity index (χ0) is 24.6. The van der Waals surface area contributed by atoms with Crippen molar-refractivity contribution in [1.82, 2.24) is 13.9 Å². The molecule has 0 spiro atoms. The minimum atomic E-state index is -4.37. The molecule has 0 amide bonds. The van der Waals surface area contributed by atoms with Gasteiger partial charge in [-0.1, -0.05) is 23.9 Å². The van der Waals surface area contributed by atoms with Gasteiger partial charge in [0.15, 0.2) is 5.16 Å². The van der Waals surface area contributed by atoms with Gasteiger partial charge in [0.05, 0.1) is 34.1 Å². The van der Waals surface area contributed by atoms with E-state index in [2.05, 4.69) is 0 Å². The Bertz CT molecular complexity index is 1300. The second-order valence-electron chi connectivity index (χ2n) is 8.89. The summed E-state index contributed by atoms with van der Waals surface area (Å²) in [5.41, 5.74) is 1.47. The van der Waals surface area contributed by atoms with Crippen LogP contribution in [-0.2, 0) is 33.2 Å². The largest absolute Gasteiger partial charge is 0.416 e. The van der Waals surface area contributed by atoms with Crippen molar-refractivity contribution in [2.45, 2.75) is 60.3 Å². The highest BCUT2D eigenvalue weighted by molar-refractivity contribution is 7.98. The highest BCUT2D eigenvalue weighted by Crippen LogP contribution is 2.33. The minimum Gasteiger partial charge on any atom is -0.376 e. The number of imidazole rings is 1. The van der Waals surface area contributed by atoms with Crippen molar-refractivity contribution in [2.24, 2.45) is 0 Å². The summed E-state index contributed by atoms with van der Waals surface area (Å²) in [4.78, 5) is 4.96. The second-order valence-corrected chi connectivity index (χ2v) is 11.8. The van der Waals surface area contributed by atoms with Crippen molar-refractivity contribution < 1.29 is 26.3 Å². The topological polar surface area (TPSA) is 64.4 Å². The molecule has 2 fully saturated rings. The van der Waals surface area contributed by atoms with E-state index < -0.39 is 21.8 Å². The van der Waals surface area contributed by atoms with Crippen molar-refractivity contribution in [1.29, 1.82) is 0 Å². The number of aromatic nitrogens is 2. The second kappa shape index (κ2) is 9.76. The minimum absolute atomic E-state index is 0.0471. The normalized spacial score (nSPS) is 19.7. The Hall–Kier alpha value is -2.08. The molecule has 2 aliphatic rings. The fourth-order valence-corrected chi connectivity index (χ4v) is 7.06. The average molecular weight is 526 g/mol. The molecule has 0 aliphatic carbocycles. The van der Waals surface area contributed by atoms with Gasteiger partial charge in [-0.05, 0) is 61.6 Å². The van der Waals surface area contributed by atoms with Crippen LogP contribution in [0.4, 0.5) is 13.2 Å². The van der Waals surface area contributed by atoms with Crippen LogP contribution in [0.25, 0.3) is 11.0 Å². The average Bonchev–Trinajstić information content (AvgIpc) is 3.59. The fourth-order valence-electron chi connectivity index (χ4n) is 4.54. The van der Waals surface area contributed by atoms with E-state index in [0.717, 1.165) is 48.9 Å². The molecule has 6 nitrogen and oxygen atoms in total. The number of nitrogens with zero attached hydrogens (tertiary/aromatic N) is 3. The SMILES string of the molecule is O=S(=O)(c1ccc2c(c1)nc(SCc1ccc(C(F)(F)F)cc1)n2CC1CCCO1)N1CCCC1.